The molecule has 0 aromatic carbocycles. The summed E-state index contributed by atoms with van der Waals surface area (Å²) in [6, 6.07) is 0. The molecule has 114 valence electrons. The molecule has 0 bridgehead atoms. The smallest absolute Gasteiger partial charge is 0.332 e. The zero-order valence-corrected chi connectivity index (χ0v) is 12.8. The third kappa shape index (κ3) is 3.05. The molecule has 1 rings (SSSR count). The van der Waals surface area contributed by atoms with Gasteiger partial charge in [-0.2, -0.15) is 0 Å². The molecule has 1 atom stereocenters. The normalized spacial score (nSPS) is 19.6. The van der Waals surface area contributed by atoms with Gasteiger partial charge in [-0.3, -0.25) is 4.79 Å². The largest absolute Gasteiger partial charge is 0.478 e. The number of aliphatic carboxylic acids is 1. The van der Waals surface area contributed by atoms with E-state index in [1.54, 1.807) is 13.0 Å². The molecule has 0 heterocycles. The summed E-state index contributed by atoms with van der Waals surface area (Å²) in [5.41, 5.74) is -0.748. The Hall–Kier alpha value is -1.32. The number of hydrogen-bond acceptors (Lipinski definition) is 3. The Morgan fingerprint density at radius 3 is 2.25 bits per heavy atom. The minimum Gasteiger partial charge on any atom is -0.478 e. The molecule has 0 spiro atoms. The van der Waals surface area contributed by atoms with Crippen molar-refractivity contribution in [3.05, 3.63) is 11.6 Å². The maximum Gasteiger partial charge on any atom is 0.332 e. The number of esters is 1. The van der Waals surface area contributed by atoms with E-state index < -0.39 is 11.4 Å². The summed E-state index contributed by atoms with van der Waals surface area (Å²) in [7, 11) is 0. The van der Waals surface area contributed by atoms with Crippen molar-refractivity contribution in [2.75, 3.05) is 6.61 Å². The maximum absolute atomic E-state index is 12.6. The fourth-order valence-electron chi connectivity index (χ4n) is 3.46. The van der Waals surface area contributed by atoms with E-state index >= 15 is 0 Å². The molecule has 0 saturated heterocycles. The topological polar surface area (TPSA) is 63.6 Å². The Morgan fingerprint density at radius 2 is 1.85 bits per heavy atom. The molecule has 4 nitrogen and oxygen atoms in total. The summed E-state index contributed by atoms with van der Waals surface area (Å²) >= 11 is 0. The summed E-state index contributed by atoms with van der Waals surface area (Å²) in [6.45, 7) is 5.83. The van der Waals surface area contributed by atoms with Crippen molar-refractivity contribution in [2.45, 2.75) is 59.3 Å². The average Bonchev–Trinajstić information content (AvgIpc) is 2.93. The molecular formula is C16H26O4. The van der Waals surface area contributed by atoms with E-state index in [0.29, 0.717) is 12.8 Å². The highest BCUT2D eigenvalue weighted by molar-refractivity contribution is 5.97. The summed E-state index contributed by atoms with van der Waals surface area (Å²) in [6.07, 6.45) is 6.70. The standard InChI is InChI=1S/C16H26O4/c1-4-9-13(14(17)18)16(5-2,15(19)20-6-3)12-10-7-8-11-12/h9,12H,4-8,10-11H2,1-3H3,(H,17,18). The number of carboxylic acids is 1. The van der Waals surface area contributed by atoms with Crippen LogP contribution in [0, 0.1) is 11.3 Å². The zero-order chi connectivity index (χ0) is 15.2. The molecule has 1 aliphatic carbocycles. The van der Waals surface area contributed by atoms with E-state index in [9.17, 15) is 14.7 Å². The van der Waals surface area contributed by atoms with Crippen LogP contribution in [0.15, 0.2) is 11.6 Å². The van der Waals surface area contributed by atoms with Gasteiger partial charge >= 0.3 is 11.9 Å². The van der Waals surface area contributed by atoms with E-state index in [2.05, 4.69) is 0 Å². The monoisotopic (exact) mass is 282 g/mol. The molecule has 20 heavy (non-hydrogen) atoms. The number of ether oxygens (including phenoxy) is 1. The van der Waals surface area contributed by atoms with E-state index in [0.717, 1.165) is 25.7 Å². The zero-order valence-electron chi connectivity index (χ0n) is 12.8. The first kappa shape index (κ1) is 16.7. The van der Waals surface area contributed by atoms with Crippen LogP contribution in [0.3, 0.4) is 0 Å². The van der Waals surface area contributed by atoms with Crippen LogP contribution in [-0.2, 0) is 14.3 Å². The predicted molar refractivity (Wildman–Crippen MR) is 77.3 cm³/mol. The van der Waals surface area contributed by atoms with Gasteiger partial charge in [0.2, 0.25) is 0 Å². The molecule has 1 unspecified atom stereocenters. The second kappa shape index (κ2) is 7.46. The van der Waals surface area contributed by atoms with Crippen molar-refractivity contribution in [1.82, 2.24) is 0 Å². The first-order valence-electron chi connectivity index (χ1n) is 7.65. The average molecular weight is 282 g/mol. The minimum absolute atomic E-state index is 0.0837. The molecular weight excluding hydrogens is 256 g/mol. The van der Waals surface area contributed by atoms with Crippen LogP contribution < -0.4 is 0 Å². The number of hydrogen-bond donors (Lipinski definition) is 1. The Bertz CT molecular complexity index is 380. The van der Waals surface area contributed by atoms with Crippen LogP contribution in [0.2, 0.25) is 0 Å². The highest BCUT2D eigenvalue weighted by Crippen LogP contribution is 2.48. The lowest BCUT2D eigenvalue weighted by Gasteiger charge is -2.36. The van der Waals surface area contributed by atoms with E-state index in [1.807, 2.05) is 13.8 Å². The first-order chi connectivity index (χ1) is 9.54. The van der Waals surface area contributed by atoms with Gasteiger partial charge in [-0.25, -0.2) is 4.79 Å². The third-order valence-corrected chi connectivity index (χ3v) is 4.37. The minimum atomic E-state index is -0.992. The Labute approximate surface area is 121 Å². The Balaban J connectivity index is 3.31. The number of carbonyl (C=O) groups is 2. The molecule has 0 amide bonds. The Kier molecular flexibility index (Phi) is 6.24. The molecule has 1 aliphatic rings. The highest BCUT2D eigenvalue weighted by Gasteiger charge is 2.51. The molecule has 1 N–H and O–H groups in total. The fraction of sp³-hybridized carbons (Fsp3) is 0.750. The lowest BCUT2D eigenvalue weighted by Crippen LogP contribution is -2.43. The summed E-state index contributed by atoms with van der Waals surface area (Å²) in [4.78, 5) is 24.3. The SMILES string of the molecule is CCC=C(C(=O)O)C(CC)(C(=O)OCC)C1CCCC1. The number of allylic oxidation sites excluding steroid dienone is 1. The van der Waals surface area contributed by atoms with Crippen molar-refractivity contribution in [3.8, 4) is 0 Å². The van der Waals surface area contributed by atoms with Crippen molar-refractivity contribution >= 4 is 11.9 Å². The van der Waals surface area contributed by atoms with Crippen molar-refractivity contribution < 1.29 is 19.4 Å². The lowest BCUT2D eigenvalue weighted by atomic mass is 9.66. The van der Waals surface area contributed by atoms with Crippen LogP contribution in [0.1, 0.15) is 59.3 Å². The van der Waals surface area contributed by atoms with Crippen LogP contribution >= 0.6 is 0 Å². The quantitative estimate of drug-likeness (QED) is 0.573. The second-order valence-electron chi connectivity index (χ2n) is 5.36. The fourth-order valence-corrected chi connectivity index (χ4v) is 3.46. The van der Waals surface area contributed by atoms with Gasteiger partial charge in [-0.05, 0) is 38.5 Å². The Morgan fingerprint density at radius 1 is 1.25 bits per heavy atom. The van der Waals surface area contributed by atoms with Gasteiger partial charge in [0.1, 0.15) is 5.41 Å². The molecule has 0 radical (unpaired) electrons. The predicted octanol–water partition coefficient (Wildman–Crippen LogP) is 3.56. The number of rotatable bonds is 7. The van der Waals surface area contributed by atoms with Crippen LogP contribution in [0.25, 0.3) is 0 Å². The van der Waals surface area contributed by atoms with Crippen molar-refractivity contribution in [1.29, 1.82) is 0 Å². The van der Waals surface area contributed by atoms with Gasteiger partial charge in [-0.1, -0.05) is 32.8 Å². The summed E-state index contributed by atoms with van der Waals surface area (Å²) < 4.78 is 5.25. The van der Waals surface area contributed by atoms with E-state index in [-0.39, 0.29) is 24.1 Å². The molecule has 4 heteroatoms. The van der Waals surface area contributed by atoms with Crippen molar-refractivity contribution in [2.24, 2.45) is 11.3 Å². The number of carboxylic acid groups (broad SMARTS) is 1. The molecule has 0 aromatic heterocycles. The van der Waals surface area contributed by atoms with Gasteiger partial charge in [0.05, 0.1) is 12.2 Å². The van der Waals surface area contributed by atoms with Crippen LogP contribution in [-0.4, -0.2) is 23.7 Å². The summed E-state index contributed by atoms with van der Waals surface area (Å²) in [5, 5.41) is 9.57. The second-order valence-corrected chi connectivity index (χ2v) is 5.36. The third-order valence-electron chi connectivity index (χ3n) is 4.37. The molecule has 1 fully saturated rings. The van der Waals surface area contributed by atoms with Crippen molar-refractivity contribution in [3.63, 3.8) is 0 Å². The van der Waals surface area contributed by atoms with Crippen LogP contribution in [0.4, 0.5) is 0 Å². The van der Waals surface area contributed by atoms with Gasteiger partial charge in [0.15, 0.2) is 0 Å². The number of carbonyl (C=O) groups excluding carboxylic acids is 1. The molecule has 1 saturated carbocycles. The van der Waals surface area contributed by atoms with Gasteiger partial charge in [-0.15, -0.1) is 0 Å². The molecule has 0 aromatic rings. The maximum atomic E-state index is 12.6. The van der Waals surface area contributed by atoms with Gasteiger partial charge in [0, 0.05) is 0 Å². The van der Waals surface area contributed by atoms with E-state index in [1.165, 1.54) is 0 Å². The highest BCUT2D eigenvalue weighted by atomic mass is 16.5. The lowest BCUT2D eigenvalue weighted by molar-refractivity contribution is -0.159. The van der Waals surface area contributed by atoms with Crippen LogP contribution in [0.5, 0.6) is 0 Å². The van der Waals surface area contributed by atoms with Gasteiger partial charge < -0.3 is 9.84 Å². The first-order valence-corrected chi connectivity index (χ1v) is 7.65. The van der Waals surface area contributed by atoms with E-state index in [4.69, 9.17) is 4.74 Å². The van der Waals surface area contributed by atoms with Gasteiger partial charge in [0.25, 0.3) is 0 Å². The molecule has 0 aliphatic heterocycles. The summed E-state index contributed by atoms with van der Waals surface area (Å²) in [5.74, 6) is -1.27.